The van der Waals surface area contributed by atoms with Crippen molar-refractivity contribution in [1.82, 2.24) is 0 Å². The highest BCUT2D eigenvalue weighted by atomic mass is 19.1. The van der Waals surface area contributed by atoms with E-state index in [1.165, 1.54) is 78.9 Å². The Bertz CT molecular complexity index is 4430. The first-order valence-corrected chi connectivity index (χ1v) is 27.9. The molecule has 4 heteroatoms. The molecule has 15 rings (SSSR count). The predicted molar refractivity (Wildman–Crippen MR) is 333 cm³/mol. The Morgan fingerprint density at radius 3 is 1.04 bits per heavy atom. The van der Waals surface area contributed by atoms with E-state index in [-0.39, 0.29) is 11.6 Å². The van der Waals surface area contributed by atoms with Crippen molar-refractivity contribution >= 4 is 44.9 Å². The maximum absolute atomic E-state index is 15.0. The summed E-state index contributed by atoms with van der Waals surface area (Å²) in [7, 11) is 0. The van der Waals surface area contributed by atoms with Crippen LogP contribution in [0.3, 0.4) is 0 Å². The van der Waals surface area contributed by atoms with Crippen LogP contribution in [0.15, 0.2) is 315 Å². The van der Waals surface area contributed by atoms with Gasteiger partial charge in [0.1, 0.15) is 11.6 Å². The molecule has 0 aromatic heterocycles. The molecule has 0 radical (unpaired) electrons. The second kappa shape index (κ2) is 19.7. The van der Waals surface area contributed by atoms with E-state index in [0.29, 0.717) is 0 Å². The van der Waals surface area contributed by atoms with E-state index in [0.717, 1.165) is 56.0 Å². The molecule has 0 saturated carbocycles. The van der Waals surface area contributed by atoms with Crippen molar-refractivity contribution in [2.75, 3.05) is 9.80 Å². The topological polar surface area (TPSA) is 6.48 Å². The summed E-state index contributed by atoms with van der Waals surface area (Å²) in [4.78, 5) is 4.51. The van der Waals surface area contributed by atoms with Gasteiger partial charge >= 0.3 is 0 Å². The standard InChI is InChI=1S/C78H52F2N2/c79-58-37-43-61(44-38-58)81(63-47-49-69-67-27-13-15-32-72(67)77(74(69)51-63,54-19-5-1-6-20-54)55-21-7-2-8-22-55)60-41-35-53(36-42-60)65-29-17-31-71-66(65)30-18-34-76(71)82(62-45-39-59(80)40-46-62)64-48-50-70-68-28-14-16-33-73(68)78(75(70)52-64,56-23-9-3-10-24-56)57-25-11-4-12-26-57/h1-52H. The lowest BCUT2D eigenvalue weighted by Crippen LogP contribution is -2.28. The van der Waals surface area contributed by atoms with Crippen LogP contribution in [0.1, 0.15) is 44.5 Å². The summed E-state index contributed by atoms with van der Waals surface area (Å²) in [5.74, 6) is -0.589. The lowest BCUT2D eigenvalue weighted by molar-refractivity contribution is 0.627. The zero-order chi connectivity index (χ0) is 54.8. The van der Waals surface area contributed by atoms with Gasteiger partial charge in [0.15, 0.2) is 0 Å². The van der Waals surface area contributed by atoms with Crippen molar-refractivity contribution in [1.29, 1.82) is 0 Å². The minimum absolute atomic E-state index is 0.293. The number of rotatable bonds is 11. The van der Waals surface area contributed by atoms with E-state index < -0.39 is 10.8 Å². The van der Waals surface area contributed by atoms with Gasteiger partial charge in [-0.1, -0.05) is 224 Å². The molecule has 0 unspecified atom stereocenters. The second-order valence-corrected chi connectivity index (χ2v) is 21.4. The molecular formula is C78H52F2N2. The first-order chi connectivity index (χ1) is 40.5. The molecule has 0 N–H and O–H groups in total. The lowest BCUT2D eigenvalue weighted by atomic mass is 9.67. The number of nitrogens with zero attached hydrogens (tertiary/aromatic N) is 2. The lowest BCUT2D eigenvalue weighted by Gasteiger charge is -2.35. The Labute approximate surface area is 476 Å². The largest absolute Gasteiger partial charge is 0.310 e. The van der Waals surface area contributed by atoms with Crippen molar-refractivity contribution in [3.63, 3.8) is 0 Å². The number of hydrogen-bond acceptors (Lipinski definition) is 2. The van der Waals surface area contributed by atoms with E-state index in [2.05, 4.69) is 277 Å². The maximum Gasteiger partial charge on any atom is 0.123 e. The minimum Gasteiger partial charge on any atom is -0.310 e. The van der Waals surface area contributed by atoms with E-state index in [1.54, 1.807) is 12.1 Å². The molecule has 2 aliphatic carbocycles. The number of halogens is 2. The summed E-state index contributed by atoms with van der Waals surface area (Å²) >= 11 is 0. The van der Waals surface area contributed by atoms with Gasteiger partial charge in [0.25, 0.3) is 0 Å². The van der Waals surface area contributed by atoms with E-state index in [9.17, 15) is 8.78 Å². The van der Waals surface area contributed by atoms with Gasteiger partial charge in [-0.15, -0.1) is 0 Å². The summed E-state index contributed by atoms with van der Waals surface area (Å²) in [6.07, 6.45) is 0. The SMILES string of the molecule is Fc1ccc(N(c2ccc(-c3cccc4c(N(c5ccc(F)cc5)c5ccc6c(c5)C(c5ccccc5)(c5ccccc5)c5ccccc5-6)cccc34)cc2)c2ccc3c(c2)C(c2ccccc2)(c2ccccc2)c2ccccc2-3)cc1. The second-order valence-electron chi connectivity index (χ2n) is 21.4. The van der Waals surface area contributed by atoms with Crippen LogP contribution in [0.25, 0.3) is 44.2 Å². The molecule has 0 fully saturated rings. The maximum atomic E-state index is 15.0. The first kappa shape index (κ1) is 48.7. The molecule has 0 saturated heterocycles. The van der Waals surface area contributed by atoms with Gasteiger partial charge in [-0.25, -0.2) is 8.78 Å². The molecule has 2 nitrogen and oxygen atoms in total. The van der Waals surface area contributed by atoms with Crippen LogP contribution in [-0.4, -0.2) is 0 Å². The van der Waals surface area contributed by atoms with Crippen molar-refractivity contribution < 1.29 is 8.78 Å². The average Bonchev–Trinajstić information content (AvgIpc) is 2.02. The van der Waals surface area contributed by atoms with E-state index in [1.807, 2.05) is 24.3 Å². The van der Waals surface area contributed by atoms with Crippen LogP contribution in [0, 0.1) is 11.6 Å². The highest BCUT2D eigenvalue weighted by Gasteiger charge is 2.48. The Morgan fingerprint density at radius 2 is 0.573 bits per heavy atom. The summed E-state index contributed by atoms with van der Waals surface area (Å²) in [5, 5.41) is 2.12. The number of hydrogen-bond donors (Lipinski definition) is 0. The smallest absolute Gasteiger partial charge is 0.123 e. The molecule has 0 bridgehead atoms. The van der Waals surface area contributed by atoms with Crippen LogP contribution in [0.5, 0.6) is 0 Å². The van der Waals surface area contributed by atoms with Gasteiger partial charge < -0.3 is 9.80 Å². The Balaban J connectivity index is 0.864. The minimum atomic E-state index is -0.607. The normalized spacial score (nSPS) is 13.2. The van der Waals surface area contributed by atoms with E-state index in [4.69, 9.17) is 0 Å². The Kier molecular flexibility index (Phi) is 11.7. The van der Waals surface area contributed by atoms with Crippen LogP contribution >= 0.6 is 0 Å². The highest BCUT2D eigenvalue weighted by Crippen LogP contribution is 2.59. The molecule has 0 spiro atoms. The van der Waals surface area contributed by atoms with Crippen LogP contribution in [-0.2, 0) is 10.8 Å². The summed E-state index contributed by atoms with van der Waals surface area (Å²) in [5.41, 5.74) is 20.8. The fourth-order valence-corrected chi connectivity index (χ4v) is 13.7. The third-order valence-corrected chi connectivity index (χ3v) is 17.1. The number of anilines is 6. The molecule has 0 aliphatic heterocycles. The third kappa shape index (κ3) is 7.59. The molecule has 13 aromatic carbocycles. The molecule has 2 aliphatic rings. The quantitative estimate of drug-likeness (QED) is 0.127. The Morgan fingerprint density at radius 1 is 0.232 bits per heavy atom. The predicted octanol–water partition coefficient (Wildman–Crippen LogP) is 20.5. The highest BCUT2D eigenvalue weighted by molar-refractivity contribution is 6.06. The van der Waals surface area contributed by atoms with Crippen LogP contribution in [0.2, 0.25) is 0 Å². The van der Waals surface area contributed by atoms with Crippen LogP contribution in [0.4, 0.5) is 42.9 Å². The van der Waals surface area contributed by atoms with Crippen molar-refractivity contribution in [3.8, 4) is 33.4 Å². The van der Waals surface area contributed by atoms with E-state index >= 15 is 0 Å². The molecule has 13 aromatic rings. The number of fused-ring (bicyclic) bond motifs is 7. The first-order valence-electron chi connectivity index (χ1n) is 27.9. The fraction of sp³-hybridized carbons (Fsp3) is 0.0256. The molecule has 388 valence electrons. The molecule has 0 heterocycles. The summed E-state index contributed by atoms with van der Waals surface area (Å²) in [6.45, 7) is 0. The molecular weight excluding hydrogens is 1000 g/mol. The molecule has 0 amide bonds. The van der Waals surface area contributed by atoms with Crippen molar-refractivity contribution in [2.24, 2.45) is 0 Å². The summed E-state index contributed by atoms with van der Waals surface area (Å²) < 4.78 is 29.8. The Hall–Kier alpha value is -10.4. The fourth-order valence-electron chi connectivity index (χ4n) is 13.7. The average molecular weight is 1060 g/mol. The third-order valence-electron chi connectivity index (χ3n) is 17.1. The van der Waals surface area contributed by atoms with Gasteiger partial charge in [-0.3, -0.25) is 0 Å². The van der Waals surface area contributed by atoms with Crippen molar-refractivity contribution in [2.45, 2.75) is 10.8 Å². The van der Waals surface area contributed by atoms with Gasteiger partial charge in [0, 0.05) is 33.8 Å². The van der Waals surface area contributed by atoms with Crippen LogP contribution < -0.4 is 9.80 Å². The van der Waals surface area contributed by atoms with Gasteiger partial charge in [0.2, 0.25) is 0 Å². The van der Waals surface area contributed by atoms with Gasteiger partial charge in [0.05, 0.1) is 16.5 Å². The summed E-state index contributed by atoms with van der Waals surface area (Å²) in [6, 6.07) is 110. The monoisotopic (exact) mass is 1050 g/mol. The molecule has 82 heavy (non-hydrogen) atoms. The zero-order valence-corrected chi connectivity index (χ0v) is 44.7. The zero-order valence-electron chi connectivity index (χ0n) is 44.7. The van der Waals surface area contributed by atoms with Gasteiger partial charge in [-0.05, 0) is 174 Å². The number of benzene rings is 13. The van der Waals surface area contributed by atoms with Crippen molar-refractivity contribution in [3.05, 3.63) is 372 Å². The van der Waals surface area contributed by atoms with Gasteiger partial charge in [-0.2, -0.15) is 0 Å². The molecule has 0 atom stereocenters.